The molecule has 0 unspecified atom stereocenters. The lowest BCUT2D eigenvalue weighted by atomic mass is 9.87. The second-order valence-electron chi connectivity index (χ2n) is 7.67. The van der Waals surface area contributed by atoms with Crippen LogP contribution in [0.1, 0.15) is 34.5 Å². The van der Waals surface area contributed by atoms with Crippen molar-refractivity contribution in [2.45, 2.75) is 19.9 Å². The molecular weight excluding hydrogens is 354 g/mol. The number of pyridine rings is 1. The van der Waals surface area contributed by atoms with E-state index in [1.165, 1.54) is 18.2 Å². The highest BCUT2D eigenvalue weighted by Gasteiger charge is 2.49. The van der Waals surface area contributed by atoms with E-state index in [0.29, 0.717) is 23.2 Å². The molecule has 6 heteroatoms. The van der Waals surface area contributed by atoms with Gasteiger partial charge in [-0.2, -0.15) is 0 Å². The zero-order chi connectivity index (χ0) is 19.8. The number of aryl methyl sites for hydroxylation is 1. The van der Waals surface area contributed by atoms with E-state index in [-0.39, 0.29) is 17.9 Å². The zero-order valence-corrected chi connectivity index (χ0v) is 16.5. The number of carbonyl (C=O) groups is 2. The second kappa shape index (κ2) is 7.26. The minimum atomic E-state index is -0.374. The number of likely N-dealkylation sites (tertiary alicyclic amines) is 1. The molecule has 0 radical (unpaired) electrons. The average molecular weight is 379 g/mol. The normalized spacial score (nSPS) is 23.6. The maximum atomic E-state index is 12.3. The maximum absolute atomic E-state index is 12.3. The molecule has 2 fully saturated rings. The smallest absolute Gasteiger partial charge is 0.341 e. The number of anilines is 1. The first-order valence-electron chi connectivity index (χ1n) is 9.62. The van der Waals surface area contributed by atoms with Crippen LogP contribution in [0.15, 0.2) is 42.6 Å². The number of benzene rings is 1. The van der Waals surface area contributed by atoms with Crippen molar-refractivity contribution in [2.24, 2.45) is 11.8 Å². The van der Waals surface area contributed by atoms with Gasteiger partial charge in [-0.3, -0.25) is 4.79 Å². The fourth-order valence-electron chi connectivity index (χ4n) is 4.78. The molecule has 1 amide bonds. The predicted molar refractivity (Wildman–Crippen MR) is 106 cm³/mol. The number of nitrogens with zero attached hydrogens (tertiary/aromatic N) is 3. The van der Waals surface area contributed by atoms with Gasteiger partial charge in [0.25, 0.3) is 0 Å². The quantitative estimate of drug-likeness (QED) is 0.768. The van der Waals surface area contributed by atoms with Crippen LogP contribution in [0.2, 0.25) is 0 Å². The summed E-state index contributed by atoms with van der Waals surface area (Å²) >= 11 is 0. The third-order valence-electron chi connectivity index (χ3n) is 6.07. The maximum Gasteiger partial charge on any atom is 0.341 e. The van der Waals surface area contributed by atoms with Gasteiger partial charge in [-0.1, -0.05) is 24.3 Å². The number of ether oxygens (including phenoxy) is 1. The number of amides is 1. The summed E-state index contributed by atoms with van der Waals surface area (Å²) in [5.41, 5.74) is 2.90. The molecule has 0 aliphatic carbocycles. The molecule has 0 saturated carbocycles. The molecule has 4 rings (SSSR count). The van der Waals surface area contributed by atoms with Crippen molar-refractivity contribution in [3.63, 3.8) is 0 Å². The Labute approximate surface area is 165 Å². The Morgan fingerprint density at radius 1 is 1.11 bits per heavy atom. The van der Waals surface area contributed by atoms with Crippen LogP contribution in [0.25, 0.3) is 0 Å². The first-order valence-corrected chi connectivity index (χ1v) is 9.62. The highest BCUT2D eigenvalue weighted by Crippen LogP contribution is 2.46. The number of rotatable bonds is 3. The predicted octanol–water partition coefficient (Wildman–Crippen LogP) is 2.83. The van der Waals surface area contributed by atoms with E-state index in [4.69, 9.17) is 4.74 Å². The van der Waals surface area contributed by atoms with E-state index in [0.717, 1.165) is 19.6 Å². The van der Waals surface area contributed by atoms with E-state index < -0.39 is 0 Å². The van der Waals surface area contributed by atoms with Crippen molar-refractivity contribution in [1.82, 2.24) is 9.88 Å². The molecule has 2 aliphatic heterocycles. The topological polar surface area (TPSA) is 62.7 Å². The molecule has 2 saturated heterocycles. The van der Waals surface area contributed by atoms with Crippen LogP contribution in [0, 0.1) is 18.8 Å². The number of methoxy groups -OCH3 is 1. The molecule has 0 spiro atoms. The van der Waals surface area contributed by atoms with Crippen molar-refractivity contribution in [3.05, 3.63) is 59.3 Å². The van der Waals surface area contributed by atoms with Crippen LogP contribution in [0.3, 0.4) is 0 Å². The first-order chi connectivity index (χ1) is 13.5. The van der Waals surface area contributed by atoms with Crippen LogP contribution in [0.4, 0.5) is 5.82 Å². The van der Waals surface area contributed by atoms with Gasteiger partial charge in [0.15, 0.2) is 0 Å². The van der Waals surface area contributed by atoms with Crippen LogP contribution >= 0.6 is 0 Å². The van der Waals surface area contributed by atoms with Crippen molar-refractivity contribution >= 4 is 17.7 Å². The monoisotopic (exact) mass is 379 g/mol. The van der Waals surface area contributed by atoms with E-state index in [9.17, 15) is 9.59 Å². The Morgan fingerprint density at radius 2 is 1.89 bits per heavy atom. The van der Waals surface area contributed by atoms with Gasteiger partial charge >= 0.3 is 5.97 Å². The zero-order valence-electron chi connectivity index (χ0n) is 16.5. The summed E-state index contributed by atoms with van der Waals surface area (Å²) in [4.78, 5) is 33.2. The fourth-order valence-corrected chi connectivity index (χ4v) is 4.78. The molecule has 3 atom stereocenters. The molecule has 3 heterocycles. The lowest BCUT2D eigenvalue weighted by Crippen LogP contribution is -2.35. The van der Waals surface area contributed by atoms with Gasteiger partial charge < -0.3 is 14.5 Å². The summed E-state index contributed by atoms with van der Waals surface area (Å²) in [7, 11) is 1.39. The Hall–Kier alpha value is -2.89. The second-order valence-corrected chi connectivity index (χ2v) is 7.67. The number of aromatic nitrogens is 1. The lowest BCUT2D eigenvalue weighted by Gasteiger charge is -2.30. The largest absolute Gasteiger partial charge is 0.465 e. The third kappa shape index (κ3) is 3.03. The minimum absolute atomic E-state index is 0.0546. The van der Waals surface area contributed by atoms with Crippen LogP contribution in [-0.2, 0) is 9.53 Å². The molecule has 1 aromatic heterocycles. The van der Waals surface area contributed by atoms with Gasteiger partial charge in [0.2, 0.25) is 5.91 Å². The van der Waals surface area contributed by atoms with Crippen LogP contribution in [-0.4, -0.2) is 48.5 Å². The van der Waals surface area contributed by atoms with E-state index in [1.54, 1.807) is 25.3 Å². The van der Waals surface area contributed by atoms with E-state index in [1.807, 2.05) is 17.0 Å². The number of fused-ring (bicyclic) bond motifs is 1. The van der Waals surface area contributed by atoms with Gasteiger partial charge in [0.1, 0.15) is 11.4 Å². The molecule has 28 heavy (non-hydrogen) atoms. The summed E-state index contributed by atoms with van der Waals surface area (Å²) in [6.45, 7) is 6.02. The summed E-state index contributed by atoms with van der Waals surface area (Å²) in [6.07, 6.45) is 1.70. The van der Waals surface area contributed by atoms with Gasteiger partial charge in [0, 0.05) is 44.6 Å². The van der Waals surface area contributed by atoms with Gasteiger partial charge in [-0.25, -0.2) is 9.78 Å². The average Bonchev–Trinajstić information content (AvgIpc) is 3.26. The molecule has 0 N–H and O–H groups in total. The molecule has 146 valence electrons. The highest BCUT2D eigenvalue weighted by atomic mass is 16.5. The SMILES string of the molecule is COC(=O)c1cccnc1N1C[C@@H]2CN(C(C)=O)[C@@H](c3ccccc3C)[C@@H]2C1. The van der Waals surface area contributed by atoms with Crippen molar-refractivity contribution in [1.29, 1.82) is 0 Å². The summed E-state index contributed by atoms with van der Waals surface area (Å²) < 4.78 is 4.93. The van der Waals surface area contributed by atoms with Gasteiger partial charge in [0.05, 0.1) is 13.2 Å². The standard InChI is InChI=1S/C22H25N3O3/c1-14-7-4-5-8-17(14)20-19-13-24(11-16(19)12-25(20)15(2)26)21-18(22(27)28-3)9-6-10-23-21/h4-10,16,19-20H,11-13H2,1-3H3/t16-,19-,20+/m1/s1. The number of esters is 1. The Bertz CT molecular complexity index is 913. The summed E-state index contributed by atoms with van der Waals surface area (Å²) in [5, 5.41) is 0. The molecule has 6 nitrogen and oxygen atoms in total. The molecule has 0 bridgehead atoms. The number of carbonyl (C=O) groups excluding carboxylic acids is 2. The van der Waals surface area contributed by atoms with Crippen molar-refractivity contribution < 1.29 is 14.3 Å². The molecular formula is C22H25N3O3. The minimum Gasteiger partial charge on any atom is -0.465 e. The van der Waals surface area contributed by atoms with Crippen molar-refractivity contribution in [3.8, 4) is 0 Å². The molecule has 1 aromatic carbocycles. The van der Waals surface area contributed by atoms with E-state index >= 15 is 0 Å². The Morgan fingerprint density at radius 3 is 2.61 bits per heavy atom. The lowest BCUT2D eigenvalue weighted by molar-refractivity contribution is -0.130. The first kappa shape index (κ1) is 18.5. The van der Waals surface area contributed by atoms with Gasteiger partial charge in [-0.05, 0) is 30.2 Å². The Balaban J connectivity index is 1.67. The van der Waals surface area contributed by atoms with Gasteiger partial charge in [-0.15, -0.1) is 0 Å². The van der Waals surface area contributed by atoms with Crippen LogP contribution < -0.4 is 4.90 Å². The van der Waals surface area contributed by atoms with E-state index in [2.05, 4.69) is 28.9 Å². The Kier molecular flexibility index (Phi) is 4.79. The van der Waals surface area contributed by atoms with Crippen LogP contribution in [0.5, 0.6) is 0 Å². The third-order valence-corrected chi connectivity index (χ3v) is 6.07. The number of hydrogen-bond acceptors (Lipinski definition) is 5. The summed E-state index contributed by atoms with van der Waals surface area (Å²) in [5.74, 6) is 1.06. The van der Waals surface area contributed by atoms with Crippen molar-refractivity contribution in [2.75, 3.05) is 31.6 Å². The fraction of sp³-hybridized carbons (Fsp3) is 0.409. The molecule has 2 aromatic rings. The summed E-state index contributed by atoms with van der Waals surface area (Å²) in [6, 6.07) is 11.8. The highest BCUT2D eigenvalue weighted by molar-refractivity contribution is 5.94. The molecule has 2 aliphatic rings. The number of hydrogen-bond donors (Lipinski definition) is 0.